The number of nitrogens with zero attached hydrogens (tertiary/aromatic N) is 1. The Hall–Kier alpha value is -4.59. The number of rotatable bonds is 9. The van der Waals surface area contributed by atoms with Gasteiger partial charge in [-0.05, 0) is 41.5 Å². The summed E-state index contributed by atoms with van der Waals surface area (Å²) in [5.41, 5.74) is 3.17. The Morgan fingerprint density at radius 1 is 0.882 bits per heavy atom. The van der Waals surface area contributed by atoms with Crippen LogP contribution in [-0.2, 0) is 0 Å². The van der Waals surface area contributed by atoms with E-state index < -0.39 is 4.92 Å². The molecule has 34 heavy (non-hydrogen) atoms. The highest BCUT2D eigenvalue weighted by Gasteiger charge is 2.12. The molecule has 0 heterocycles. The van der Waals surface area contributed by atoms with Crippen molar-refractivity contribution >= 4 is 29.8 Å². The highest BCUT2D eigenvalue weighted by atomic mass is 16.6. The van der Waals surface area contributed by atoms with Crippen LogP contribution in [0.25, 0.3) is 18.2 Å². The molecule has 0 spiro atoms. The van der Waals surface area contributed by atoms with E-state index in [0.29, 0.717) is 39.6 Å². The smallest absolute Gasteiger partial charge is 0.259 e. The molecule has 0 bridgehead atoms. The van der Waals surface area contributed by atoms with Crippen molar-refractivity contribution in [2.24, 2.45) is 0 Å². The van der Waals surface area contributed by atoms with Crippen molar-refractivity contribution in [1.82, 2.24) is 0 Å². The summed E-state index contributed by atoms with van der Waals surface area (Å²) in [4.78, 5) is 22.9. The average Bonchev–Trinajstić information content (AvgIpc) is 2.86. The molecule has 174 valence electrons. The Balaban J connectivity index is 1.82. The summed E-state index contributed by atoms with van der Waals surface area (Å²) < 4.78 is 15.9. The maximum Gasteiger partial charge on any atom is 0.259 e. The topological polar surface area (TPSA) is 99.9 Å². The van der Waals surface area contributed by atoms with Crippen molar-refractivity contribution in [3.8, 4) is 17.2 Å². The van der Waals surface area contributed by atoms with Gasteiger partial charge in [-0.25, -0.2) is 0 Å². The molecular formula is C26H24N2O6. The van der Waals surface area contributed by atoms with Crippen LogP contribution in [0.5, 0.6) is 17.2 Å². The van der Waals surface area contributed by atoms with Crippen molar-refractivity contribution in [2.45, 2.75) is 0 Å². The van der Waals surface area contributed by atoms with Gasteiger partial charge >= 0.3 is 0 Å². The summed E-state index contributed by atoms with van der Waals surface area (Å²) >= 11 is 0. The van der Waals surface area contributed by atoms with Crippen molar-refractivity contribution in [1.29, 1.82) is 0 Å². The number of anilines is 1. The summed E-state index contributed by atoms with van der Waals surface area (Å²) in [7, 11) is 4.54. The van der Waals surface area contributed by atoms with Crippen LogP contribution in [0.3, 0.4) is 0 Å². The number of nitrogens with one attached hydrogen (secondary N) is 1. The second kappa shape index (κ2) is 11.3. The van der Waals surface area contributed by atoms with Crippen LogP contribution >= 0.6 is 0 Å². The van der Waals surface area contributed by atoms with Gasteiger partial charge in [-0.15, -0.1) is 0 Å². The largest absolute Gasteiger partial charge is 0.497 e. The fourth-order valence-electron chi connectivity index (χ4n) is 3.25. The summed E-state index contributed by atoms with van der Waals surface area (Å²) in [6, 6.07) is 17.7. The monoisotopic (exact) mass is 460 g/mol. The second-order valence-electron chi connectivity index (χ2n) is 7.04. The van der Waals surface area contributed by atoms with Gasteiger partial charge in [0.2, 0.25) is 6.20 Å². The van der Waals surface area contributed by atoms with Crippen molar-refractivity contribution < 1.29 is 23.9 Å². The zero-order valence-corrected chi connectivity index (χ0v) is 19.0. The van der Waals surface area contributed by atoms with E-state index in [1.807, 2.05) is 24.3 Å². The zero-order chi connectivity index (χ0) is 24.5. The Kier molecular flexibility index (Phi) is 8.02. The Bertz CT molecular complexity index is 1230. The predicted molar refractivity (Wildman–Crippen MR) is 132 cm³/mol. The molecule has 0 saturated heterocycles. The molecule has 8 nitrogen and oxygen atoms in total. The van der Waals surface area contributed by atoms with Crippen LogP contribution in [0.15, 0.2) is 66.9 Å². The maximum atomic E-state index is 12.6. The van der Waals surface area contributed by atoms with Gasteiger partial charge in [0, 0.05) is 23.4 Å². The van der Waals surface area contributed by atoms with Gasteiger partial charge in [-0.1, -0.05) is 36.4 Å². The van der Waals surface area contributed by atoms with Crippen LogP contribution in [0.1, 0.15) is 27.0 Å². The van der Waals surface area contributed by atoms with E-state index in [1.54, 1.807) is 48.5 Å². The molecule has 0 aliphatic heterocycles. The molecule has 1 amide bonds. The van der Waals surface area contributed by atoms with Crippen LogP contribution in [-0.4, -0.2) is 32.2 Å². The zero-order valence-electron chi connectivity index (χ0n) is 19.0. The van der Waals surface area contributed by atoms with Gasteiger partial charge in [-0.3, -0.25) is 14.9 Å². The average molecular weight is 460 g/mol. The number of ether oxygens (including phenoxy) is 3. The third kappa shape index (κ3) is 6.01. The van der Waals surface area contributed by atoms with Gasteiger partial charge in [0.15, 0.2) is 0 Å². The Labute approximate surface area is 197 Å². The quantitative estimate of drug-likeness (QED) is 0.261. The van der Waals surface area contributed by atoms with Gasteiger partial charge in [0.05, 0.1) is 31.8 Å². The molecule has 0 aliphatic rings. The van der Waals surface area contributed by atoms with E-state index in [-0.39, 0.29) is 5.91 Å². The summed E-state index contributed by atoms with van der Waals surface area (Å²) in [6.07, 6.45) is 5.91. The molecule has 0 saturated carbocycles. The highest BCUT2D eigenvalue weighted by Crippen LogP contribution is 2.31. The molecule has 3 aromatic carbocycles. The maximum absolute atomic E-state index is 12.6. The van der Waals surface area contributed by atoms with E-state index in [9.17, 15) is 14.9 Å². The van der Waals surface area contributed by atoms with E-state index in [1.165, 1.54) is 27.4 Å². The molecule has 3 rings (SSSR count). The van der Waals surface area contributed by atoms with Crippen LogP contribution in [0.2, 0.25) is 0 Å². The van der Waals surface area contributed by atoms with Crippen molar-refractivity contribution in [3.05, 3.63) is 99.2 Å². The predicted octanol–water partition coefficient (Wildman–Crippen LogP) is 5.38. The number of carbonyl (C=O) groups is 1. The summed E-state index contributed by atoms with van der Waals surface area (Å²) in [5.74, 6) is 1.23. The number of amides is 1. The number of benzene rings is 3. The number of hydrogen-bond donors (Lipinski definition) is 1. The van der Waals surface area contributed by atoms with Crippen LogP contribution in [0, 0.1) is 10.1 Å². The lowest BCUT2D eigenvalue weighted by atomic mass is 10.0. The fraction of sp³-hybridized carbons (Fsp3) is 0.115. The lowest BCUT2D eigenvalue weighted by Gasteiger charge is -2.11. The first-order chi connectivity index (χ1) is 16.4. The van der Waals surface area contributed by atoms with Crippen molar-refractivity contribution in [3.63, 3.8) is 0 Å². The molecule has 0 aromatic heterocycles. The molecule has 0 atom stereocenters. The molecule has 0 aliphatic carbocycles. The van der Waals surface area contributed by atoms with Gasteiger partial charge in [0.25, 0.3) is 5.91 Å². The minimum Gasteiger partial charge on any atom is -0.497 e. The standard InChI is InChI=1S/C26H24N2O6/c1-32-21-16-19(22(14-15-28(30)31)25(17-21)34-3)11-8-18-9-12-20(13-10-18)27-26(29)23-6-4-5-7-24(23)33-2/h4-17H,1-3H3,(H,27,29)/b11-8+,15-14+. The molecule has 1 N–H and O–H groups in total. The lowest BCUT2D eigenvalue weighted by Crippen LogP contribution is -2.12. The Morgan fingerprint density at radius 3 is 2.24 bits per heavy atom. The highest BCUT2D eigenvalue weighted by molar-refractivity contribution is 6.06. The van der Waals surface area contributed by atoms with E-state index in [0.717, 1.165) is 11.8 Å². The van der Waals surface area contributed by atoms with Gasteiger partial charge in [0.1, 0.15) is 17.2 Å². The van der Waals surface area contributed by atoms with Crippen LogP contribution < -0.4 is 19.5 Å². The first kappa shape index (κ1) is 24.1. The molecular weight excluding hydrogens is 436 g/mol. The van der Waals surface area contributed by atoms with E-state index in [4.69, 9.17) is 14.2 Å². The number of carbonyl (C=O) groups excluding carboxylic acids is 1. The number of para-hydroxylation sites is 1. The normalized spacial score (nSPS) is 10.9. The number of hydrogen-bond acceptors (Lipinski definition) is 6. The molecule has 0 fully saturated rings. The molecule has 0 radical (unpaired) electrons. The fourth-order valence-corrected chi connectivity index (χ4v) is 3.25. The summed E-state index contributed by atoms with van der Waals surface area (Å²) in [6.45, 7) is 0. The van der Waals surface area contributed by atoms with Crippen molar-refractivity contribution in [2.75, 3.05) is 26.6 Å². The first-order valence-electron chi connectivity index (χ1n) is 10.3. The SMILES string of the molecule is COc1cc(/C=C/c2ccc(NC(=O)c3ccccc3OC)cc2)c(/C=C/[N+](=O)[O-])c(OC)c1. The third-order valence-electron chi connectivity index (χ3n) is 4.94. The summed E-state index contributed by atoms with van der Waals surface area (Å²) in [5, 5.41) is 13.7. The van der Waals surface area contributed by atoms with E-state index in [2.05, 4.69) is 5.32 Å². The van der Waals surface area contributed by atoms with Gasteiger partial charge < -0.3 is 19.5 Å². The molecule has 0 unspecified atom stereocenters. The molecule has 3 aromatic rings. The van der Waals surface area contributed by atoms with Gasteiger partial charge in [-0.2, -0.15) is 0 Å². The Morgan fingerprint density at radius 2 is 1.59 bits per heavy atom. The van der Waals surface area contributed by atoms with E-state index >= 15 is 0 Å². The first-order valence-corrected chi connectivity index (χ1v) is 10.3. The lowest BCUT2D eigenvalue weighted by molar-refractivity contribution is -0.400. The second-order valence-corrected chi connectivity index (χ2v) is 7.04. The molecule has 8 heteroatoms. The minimum atomic E-state index is -0.533. The van der Waals surface area contributed by atoms with Crippen LogP contribution in [0.4, 0.5) is 5.69 Å². The minimum absolute atomic E-state index is 0.272. The third-order valence-corrected chi connectivity index (χ3v) is 4.94. The number of methoxy groups -OCH3 is 3. The number of nitro groups is 1.